The minimum atomic E-state index is -4.74. The average Bonchev–Trinajstić information content (AvgIpc) is 2.57. The summed E-state index contributed by atoms with van der Waals surface area (Å²) in [6.07, 6.45) is -4.74. The predicted octanol–water partition coefficient (Wildman–Crippen LogP) is 3.75. The third-order valence-corrected chi connectivity index (χ3v) is 3.04. The van der Waals surface area contributed by atoms with E-state index >= 15 is 0 Å². The number of ether oxygens (including phenoxy) is 1. The number of allylic oxidation sites excluding steroid dienone is 1. The Labute approximate surface area is 114 Å². The van der Waals surface area contributed by atoms with Gasteiger partial charge in [-0.1, -0.05) is 5.57 Å². The second kappa shape index (κ2) is 4.85. The zero-order chi connectivity index (χ0) is 15.1. The van der Waals surface area contributed by atoms with Gasteiger partial charge in [0.1, 0.15) is 5.75 Å². The van der Waals surface area contributed by atoms with E-state index in [1.807, 2.05) is 6.92 Å². The summed E-state index contributed by atoms with van der Waals surface area (Å²) in [5.41, 5.74) is 2.30. The van der Waals surface area contributed by atoms with E-state index in [0.29, 0.717) is 23.4 Å². The number of hydrogen-bond donors (Lipinski definition) is 0. The first-order valence-corrected chi connectivity index (χ1v) is 6.14. The topological polar surface area (TPSA) is 29.5 Å². The second-order valence-electron chi connectivity index (χ2n) is 4.65. The second-order valence-corrected chi connectivity index (χ2v) is 4.65. The summed E-state index contributed by atoms with van der Waals surface area (Å²) in [5, 5.41) is 0. The number of hydrogen-bond acceptors (Lipinski definition) is 2. The van der Waals surface area contributed by atoms with Crippen molar-refractivity contribution in [3.05, 3.63) is 29.3 Å². The molecule has 2 rings (SSSR count). The zero-order valence-corrected chi connectivity index (χ0v) is 11.3. The van der Waals surface area contributed by atoms with Crippen LogP contribution in [-0.2, 0) is 4.79 Å². The van der Waals surface area contributed by atoms with Crippen LogP contribution in [-0.4, -0.2) is 18.8 Å². The van der Waals surface area contributed by atoms with Gasteiger partial charge in [-0.3, -0.25) is 4.79 Å². The number of halogens is 3. The fourth-order valence-electron chi connectivity index (χ4n) is 2.30. The third kappa shape index (κ3) is 2.50. The van der Waals surface area contributed by atoms with Crippen LogP contribution in [0.3, 0.4) is 0 Å². The van der Waals surface area contributed by atoms with Gasteiger partial charge in [-0.05, 0) is 39.0 Å². The van der Waals surface area contributed by atoms with Crippen molar-refractivity contribution in [1.82, 2.24) is 0 Å². The van der Waals surface area contributed by atoms with Crippen molar-refractivity contribution in [2.45, 2.75) is 27.1 Å². The van der Waals surface area contributed by atoms with E-state index in [1.165, 1.54) is 23.1 Å². The minimum Gasteiger partial charge on any atom is -0.406 e. The number of fused-ring (bicyclic) bond motifs is 1. The highest BCUT2D eigenvalue weighted by Crippen LogP contribution is 2.40. The van der Waals surface area contributed by atoms with E-state index < -0.39 is 6.36 Å². The molecule has 0 spiro atoms. The molecule has 0 N–H and O–H groups in total. The fraction of sp³-hybridized carbons (Fsp3) is 0.357. The lowest BCUT2D eigenvalue weighted by Gasteiger charge is -2.14. The van der Waals surface area contributed by atoms with Crippen LogP contribution in [0.4, 0.5) is 18.9 Å². The van der Waals surface area contributed by atoms with Crippen molar-refractivity contribution in [2.75, 3.05) is 11.4 Å². The van der Waals surface area contributed by atoms with E-state index in [4.69, 9.17) is 0 Å². The average molecular weight is 285 g/mol. The summed E-state index contributed by atoms with van der Waals surface area (Å²) in [6, 6.07) is 3.96. The molecule has 1 heterocycles. The number of carbonyl (C=O) groups excluding carboxylic acids is 1. The molecule has 0 fully saturated rings. The van der Waals surface area contributed by atoms with Crippen LogP contribution >= 0.6 is 0 Å². The molecule has 6 heteroatoms. The van der Waals surface area contributed by atoms with Gasteiger partial charge in [0.05, 0.1) is 5.69 Å². The molecular formula is C14H14F3NO2. The Kier molecular flexibility index (Phi) is 3.50. The van der Waals surface area contributed by atoms with Crippen molar-refractivity contribution >= 4 is 17.2 Å². The van der Waals surface area contributed by atoms with Gasteiger partial charge >= 0.3 is 6.36 Å². The summed E-state index contributed by atoms with van der Waals surface area (Å²) in [4.78, 5) is 13.8. The Hall–Kier alpha value is -1.98. The highest BCUT2D eigenvalue weighted by Gasteiger charge is 2.35. The SMILES string of the molecule is CCN1C(=O)C(=C(C)C)c2cc(OC(F)(F)F)ccc21. The number of benzene rings is 1. The first kappa shape index (κ1) is 14.4. The van der Waals surface area contributed by atoms with Crippen LogP contribution in [0.25, 0.3) is 5.57 Å². The van der Waals surface area contributed by atoms with Crippen molar-refractivity contribution in [3.63, 3.8) is 0 Å². The van der Waals surface area contributed by atoms with Crippen molar-refractivity contribution < 1.29 is 22.7 Å². The van der Waals surface area contributed by atoms with E-state index in [2.05, 4.69) is 4.74 Å². The molecule has 108 valence electrons. The molecule has 0 aliphatic carbocycles. The van der Waals surface area contributed by atoms with Crippen LogP contribution in [0.15, 0.2) is 23.8 Å². The Morgan fingerprint density at radius 2 is 1.95 bits per heavy atom. The quantitative estimate of drug-likeness (QED) is 0.775. The molecule has 1 aliphatic rings. The lowest BCUT2D eigenvalue weighted by molar-refractivity contribution is -0.274. The lowest BCUT2D eigenvalue weighted by Crippen LogP contribution is -2.25. The Bertz CT molecular complexity index is 587. The maximum atomic E-state index is 12.3. The number of likely N-dealkylation sites (N-methyl/N-ethyl adjacent to an activating group) is 1. The van der Waals surface area contributed by atoms with Gasteiger partial charge in [-0.25, -0.2) is 0 Å². The first-order valence-electron chi connectivity index (χ1n) is 6.14. The molecule has 1 aromatic carbocycles. The van der Waals surface area contributed by atoms with Gasteiger partial charge in [0, 0.05) is 17.7 Å². The molecule has 0 saturated heterocycles. The summed E-state index contributed by atoms with van der Waals surface area (Å²) >= 11 is 0. The standard InChI is InChI=1S/C14H14F3NO2/c1-4-18-11-6-5-9(20-14(15,16)17)7-10(11)12(8(2)3)13(18)19/h5-7H,4H2,1-3H3. The van der Waals surface area contributed by atoms with Gasteiger partial charge in [-0.2, -0.15) is 0 Å². The summed E-state index contributed by atoms with van der Waals surface area (Å²) in [6.45, 7) is 5.79. The molecule has 0 aromatic heterocycles. The molecule has 3 nitrogen and oxygen atoms in total. The van der Waals surface area contributed by atoms with Crippen molar-refractivity contribution in [3.8, 4) is 5.75 Å². The van der Waals surface area contributed by atoms with Crippen molar-refractivity contribution in [2.24, 2.45) is 0 Å². The molecule has 20 heavy (non-hydrogen) atoms. The Morgan fingerprint density at radius 3 is 2.45 bits per heavy atom. The van der Waals surface area contributed by atoms with Crippen LogP contribution in [0.2, 0.25) is 0 Å². The van der Waals surface area contributed by atoms with Crippen LogP contribution in [0.1, 0.15) is 26.3 Å². The Balaban J connectivity index is 2.53. The predicted molar refractivity (Wildman–Crippen MR) is 69.4 cm³/mol. The van der Waals surface area contributed by atoms with E-state index in [9.17, 15) is 18.0 Å². The van der Waals surface area contributed by atoms with E-state index in [0.717, 1.165) is 5.57 Å². The number of amides is 1. The van der Waals surface area contributed by atoms with Crippen molar-refractivity contribution in [1.29, 1.82) is 0 Å². The van der Waals surface area contributed by atoms with Gasteiger partial charge in [0.25, 0.3) is 5.91 Å². The maximum absolute atomic E-state index is 12.3. The van der Waals surface area contributed by atoms with Crippen LogP contribution < -0.4 is 9.64 Å². The summed E-state index contributed by atoms with van der Waals surface area (Å²) in [5.74, 6) is -0.507. The number of alkyl halides is 3. The third-order valence-electron chi connectivity index (χ3n) is 3.04. The smallest absolute Gasteiger partial charge is 0.406 e. The Morgan fingerprint density at radius 1 is 1.30 bits per heavy atom. The van der Waals surface area contributed by atoms with Gasteiger partial charge in [0.2, 0.25) is 0 Å². The molecule has 0 radical (unpaired) electrons. The molecule has 0 bridgehead atoms. The fourth-order valence-corrected chi connectivity index (χ4v) is 2.30. The van der Waals surface area contributed by atoms with Crippen LogP contribution in [0.5, 0.6) is 5.75 Å². The maximum Gasteiger partial charge on any atom is 0.573 e. The molecule has 0 saturated carbocycles. The summed E-state index contributed by atoms with van der Waals surface area (Å²) < 4.78 is 40.7. The number of anilines is 1. The zero-order valence-electron chi connectivity index (χ0n) is 11.3. The molecule has 0 unspecified atom stereocenters. The highest BCUT2D eigenvalue weighted by atomic mass is 19.4. The molecule has 1 aliphatic heterocycles. The molecule has 0 atom stereocenters. The van der Waals surface area contributed by atoms with E-state index in [1.54, 1.807) is 13.8 Å². The van der Waals surface area contributed by atoms with Gasteiger partial charge in [-0.15, -0.1) is 13.2 Å². The molecule has 1 aromatic rings. The normalized spacial score (nSPS) is 14.6. The number of nitrogens with zero attached hydrogens (tertiary/aromatic N) is 1. The summed E-state index contributed by atoms with van der Waals surface area (Å²) in [7, 11) is 0. The van der Waals surface area contributed by atoms with Crippen LogP contribution in [0, 0.1) is 0 Å². The number of rotatable bonds is 2. The van der Waals surface area contributed by atoms with Gasteiger partial charge in [0.15, 0.2) is 0 Å². The molecular weight excluding hydrogens is 271 g/mol. The minimum absolute atomic E-state index is 0.188. The number of carbonyl (C=O) groups is 1. The van der Waals surface area contributed by atoms with Gasteiger partial charge < -0.3 is 9.64 Å². The monoisotopic (exact) mass is 285 g/mol. The first-order chi connectivity index (χ1) is 9.24. The largest absolute Gasteiger partial charge is 0.573 e. The molecule has 1 amide bonds. The van der Waals surface area contributed by atoms with E-state index in [-0.39, 0.29) is 11.7 Å². The lowest BCUT2D eigenvalue weighted by atomic mass is 10.0. The highest BCUT2D eigenvalue weighted by molar-refractivity contribution is 6.33.